The summed E-state index contributed by atoms with van der Waals surface area (Å²) in [5.74, 6) is 0.224. The Morgan fingerprint density at radius 1 is 1.28 bits per heavy atom. The van der Waals surface area contributed by atoms with Gasteiger partial charge in [0.1, 0.15) is 5.75 Å². The smallest absolute Gasteiger partial charge is 0.416 e. The Labute approximate surface area is 143 Å². The van der Waals surface area contributed by atoms with Crippen molar-refractivity contribution in [2.75, 3.05) is 13.7 Å². The third kappa shape index (κ3) is 5.66. The zero-order valence-electron chi connectivity index (χ0n) is 13.7. The van der Waals surface area contributed by atoms with Crippen molar-refractivity contribution in [3.8, 4) is 5.75 Å². The van der Waals surface area contributed by atoms with Crippen LogP contribution in [0, 0.1) is 0 Å². The maximum atomic E-state index is 13.1. The van der Waals surface area contributed by atoms with Crippen LogP contribution in [0.4, 0.5) is 13.2 Å². The van der Waals surface area contributed by atoms with Gasteiger partial charge in [0.25, 0.3) is 0 Å². The first-order chi connectivity index (χ1) is 11.9. The SMILES string of the molecule is COc1ccc(CN=C(N)NCCc2ccccn2)c(C(F)(F)F)c1. The predicted octanol–water partition coefficient (Wildman–Crippen LogP) is 2.76. The van der Waals surface area contributed by atoms with E-state index in [0.29, 0.717) is 13.0 Å². The highest BCUT2D eigenvalue weighted by Crippen LogP contribution is 2.34. The second-order valence-electron chi connectivity index (χ2n) is 5.22. The summed E-state index contributed by atoms with van der Waals surface area (Å²) in [4.78, 5) is 8.14. The number of nitrogens with one attached hydrogen (secondary N) is 1. The van der Waals surface area contributed by atoms with Crippen LogP contribution in [0.15, 0.2) is 47.6 Å². The molecule has 1 aromatic carbocycles. The van der Waals surface area contributed by atoms with Crippen molar-refractivity contribution < 1.29 is 17.9 Å². The van der Waals surface area contributed by atoms with Crippen molar-refractivity contribution in [1.82, 2.24) is 10.3 Å². The molecule has 0 aliphatic heterocycles. The Bertz CT molecular complexity index is 718. The summed E-state index contributed by atoms with van der Waals surface area (Å²) in [6.07, 6.45) is -2.16. The zero-order chi connectivity index (χ0) is 18.3. The number of ether oxygens (including phenoxy) is 1. The van der Waals surface area contributed by atoms with Gasteiger partial charge in [0.2, 0.25) is 0 Å². The van der Waals surface area contributed by atoms with Gasteiger partial charge in [-0.1, -0.05) is 12.1 Å². The zero-order valence-corrected chi connectivity index (χ0v) is 13.7. The maximum Gasteiger partial charge on any atom is 0.416 e. The lowest BCUT2D eigenvalue weighted by Gasteiger charge is -2.13. The van der Waals surface area contributed by atoms with Crippen LogP contribution in [0.2, 0.25) is 0 Å². The number of aliphatic imine (C=N–C) groups is 1. The highest BCUT2D eigenvalue weighted by atomic mass is 19.4. The molecule has 0 spiro atoms. The summed E-state index contributed by atoms with van der Waals surface area (Å²) in [5.41, 5.74) is 5.85. The van der Waals surface area contributed by atoms with Crippen LogP contribution in [-0.4, -0.2) is 24.6 Å². The lowest BCUT2D eigenvalue weighted by molar-refractivity contribution is -0.138. The minimum atomic E-state index is -4.49. The predicted molar refractivity (Wildman–Crippen MR) is 89.3 cm³/mol. The van der Waals surface area contributed by atoms with Crippen molar-refractivity contribution in [2.24, 2.45) is 10.7 Å². The number of methoxy groups -OCH3 is 1. The van der Waals surface area contributed by atoms with E-state index in [1.54, 1.807) is 6.20 Å². The second-order valence-corrected chi connectivity index (χ2v) is 5.22. The van der Waals surface area contributed by atoms with Crippen LogP contribution in [0.1, 0.15) is 16.8 Å². The average molecular weight is 352 g/mol. The van der Waals surface area contributed by atoms with E-state index in [-0.39, 0.29) is 23.8 Å². The number of pyridine rings is 1. The molecule has 8 heteroatoms. The first-order valence-corrected chi connectivity index (χ1v) is 7.58. The molecule has 0 aliphatic rings. The first-order valence-electron chi connectivity index (χ1n) is 7.58. The quantitative estimate of drug-likeness (QED) is 0.619. The standard InChI is InChI=1S/C17H19F3N4O/c1-25-14-6-5-12(15(10-14)17(18,19)20)11-24-16(21)23-9-7-13-4-2-3-8-22-13/h2-6,8,10H,7,9,11H2,1H3,(H3,21,23,24). The number of aromatic nitrogens is 1. The van der Waals surface area contributed by atoms with Gasteiger partial charge in [0, 0.05) is 24.9 Å². The Morgan fingerprint density at radius 3 is 2.72 bits per heavy atom. The molecule has 2 rings (SSSR count). The largest absolute Gasteiger partial charge is 0.497 e. The van der Waals surface area contributed by atoms with Crippen molar-refractivity contribution in [3.63, 3.8) is 0 Å². The van der Waals surface area contributed by atoms with E-state index in [1.807, 2.05) is 18.2 Å². The topological polar surface area (TPSA) is 72.5 Å². The highest BCUT2D eigenvalue weighted by Gasteiger charge is 2.33. The van der Waals surface area contributed by atoms with E-state index >= 15 is 0 Å². The van der Waals surface area contributed by atoms with Gasteiger partial charge in [-0.25, -0.2) is 4.99 Å². The normalized spacial score (nSPS) is 12.1. The molecule has 5 nitrogen and oxygen atoms in total. The summed E-state index contributed by atoms with van der Waals surface area (Å²) in [6.45, 7) is 0.308. The van der Waals surface area contributed by atoms with E-state index in [1.165, 1.54) is 19.2 Å². The molecule has 0 saturated carbocycles. The van der Waals surface area contributed by atoms with Crippen molar-refractivity contribution in [3.05, 3.63) is 59.4 Å². The van der Waals surface area contributed by atoms with E-state index in [2.05, 4.69) is 15.3 Å². The van der Waals surface area contributed by atoms with E-state index in [9.17, 15) is 13.2 Å². The molecule has 0 atom stereocenters. The number of guanidine groups is 1. The molecule has 0 amide bonds. The number of hydrogen-bond donors (Lipinski definition) is 2. The summed E-state index contributed by atoms with van der Waals surface area (Å²) in [5, 5.41) is 2.86. The molecular weight excluding hydrogens is 333 g/mol. The number of rotatable bonds is 6. The number of halogens is 3. The number of nitrogens with zero attached hydrogens (tertiary/aromatic N) is 2. The fourth-order valence-electron chi connectivity index (χ4n) is 2.18. The van der Waals surface area contributed by atoms with E-state index < -0.39 is 11.7 Å². The summed E-state index contributed by atoms with van der Waals surface area (Å²) < 4.78 is 44.2. The van der Waals surface area contributed by atoms with Crippen molar-refractivity contribution >= 4 is 5.96 Å². The molecule has 0 radical (unpaired) electrons. The molecule has 1 aromatic heterocycles. The molecule has 0 unspecified atom stereocenters. The summed E-state index contributed by atoms with van der Waals surface area (Å²) in [7, 11) is 1.32. The lowest BCUT2D eigenvalue weighted by Crippen LogP contribution is -2.33. The molecule has 0 saturated heterocycles. The average Bonchev–Trinajstić information content (AvgIpc) is 2.60. The van der Waals surface area contributed by atoms with Crippen LogP contribution in [0.25, 0.3) is 0 Å². The molecule has 134 valence electrons. The molecule has 0 fully saturated rings. The van der Waals surface area contributed by atoms with Crippen LogP contribution in [0.5, 0.6) is 5.75 Å². The second kappa shape index (κ2) is 8.36. The van der Waals surface area contributed by atoms with Gasteiger partial charge in [0.05, 0.1) is 19.2 Å². The summed E-state index contributed by atoms with van der Waals surface area (Å²) >= 11 is 0. The van der Waals surface area contributed by atoms with Crippen molar-refractivity contribution in [1.29, 1.82) is 0 Å². The number of benzene rings is 1. The molecule has 2 aromatic rings. The Hall–Kier alpha value is -2.77. The molecule has 1 heterocycles. The molecule has 0 bridgehead atoms. The van der Waals surface area contributed by atoms with Gasteiger partial charge >= 0.3 is 6.18 Å². The Balaban J connectivity index is 1.98. The Morgan fingerprint density at radius 2 is 2.08 bits per heavy atom. The van der Waals surface area contributed by atoms with Gasteiger partial charge in [-0.2, -0.15) is 13.2 Å². The number of alkyl halides is 3. The highest BCUT2D eigenvalue weighted by molar-refractivity contribution is 5.77. The monoisotopic (exact) mass is 352 g/mol. The summed E-state index contributed by atoms with van der Waals surface area (Å²) in [6, 6.07) is 9.33. The number of nitrogens with two attached hydrogens (primary N) is 1. The molecule has 3 N–H and O–H groups in total. The van der Waals surface area contributed by atoms with E-state index in [0.717, 1.165) is 11.8 Å². The third-order valence-electron chi connectivity index (χ3n) is 3.46. The van der Waals surface area contributed by atoms with Crippen LogP contribution in [0.3, 0.4) is 0 Å². The first kappa shape index (κ1) is 18.6. The van der Waals surface area contributed by atoms with Crippen LogP contribution in [-0.2, 0) is 19.1 Å². The van der Waals surface area contributed by atoms with Crippen LogP contribution >= 0.6 is 0 Å². The van der Waals surface area contributed by atoms with Crippen molar-refractivity contribution in [2.45, 2.75) is 19.1 Å². The van der Waals surface area contributed by atoms with Gasteiger partial charge in [-0.05, 0) is 29.8 Å². The third-order valence-corrected chi connectivity index (χ3v) is 3.46. The minimum Gasteiger partial charge on any atom is -0.497 e. The van der Waals surface area contributed by atoms with Gasteiger partial charge in [-0.15, -0.1) is 0 Å². The lowest BCUT2D eigenvalue weighted by atomic mass is 10.1. The van der Waals surface area contributed by atoms with Gasteiger partial charge in [0.15, 0.2) is 5.96 Å². The molecular formula is C17H19F3N4O. The Kier molecular flexibility index (Phi) is 6.21. The minimum absolute atomic E-state index is 0.0303. The van der Waals surface area contributed by atoms with Gasteiger partial charge in [-0.3, -0.25) is 4.98 Å². The maximum absolute atomic E-state index is 13.1. The molecule has 0 aliphatic carbocycles. The van der Waals surface area contributed by atoms with E-state index in [4.69, 9.17) is 10.5 Å². The fourth-order valence-corrected chi connectivity index (χ4v) is 2.18. The number of hydrogen-bond acceptors (Lipinski definition) is 3. The fraction of sp³-hybridized carbons (Fsp3) is 0.294. The van der Waals surface area contributed by atoms with Crippen LogP contribution < -0.4 is 15.8 Å². The molecule has 25 heavy (non-hydrogen) atoms. The van der Waals surface area contributed by atoms with Gasteiger partial charge < -0.3 is 15.8 Å².